The highest BCUT2D eigenvalue weighted by atomic mass is 16.3. The maximum Gasteiger partial charge on any atom is 0.317 e. The molecule has 1 aliphatic rings. The van der Waals surface area contributed by atoms with Gasteiger partial charge in [0.05, 0.1) is 6.10 Å². The van der Waals surface area contributed by atoms with Crippen LogP contribution in [0, 0.1) is 0 Å². The van der Waals surface area contributed by atoms with Gasteiger partial charge in [-0.3, -0.25) is 0 Å². The van der Waals surface area contributed by atoms with Gasteiger partial charge in [0.2, 0.25) is 0 Å². The van der Waals surface area contributed by atoms with E-state index in [-0.39, 0.29) is 18.2 Å². The highest BCUT2D eigenvalue weighted by Gasteiger charge is 2.34. The molecule has 1 rings (SSSR count). The van der Waals surface area contributed by atoms with Gasteiger partial charge < -0.3 is 20.2 Å². The first-order valence-electron chi connectivity index (χ1n) is 5.91. The molecule has 1 aliphatic heterocycles. The van der Waals surface area contributed by atoms with Gasteiger partial charge in [-0.2, -0.15) is 0 Å². The fraction of sp³-hybridized carbons (Fsp3) is 0.909. The minimum Gasteiger partial charge on any atom is -0.391 e. The molecule has 2 N–H and O–H groups in total. The Hall–Kier alpha value is -0.810. The minimum atomic E-state index is -0.377. The van der Waals surface area contributed by atoms with Crippen molar-refractivity contribution < 1.29 is 9.90 Å². The molecule has 2 atom stereocenters. The number of hydrogen-bond donors (Lipinski definition) is 2. The highest BCUT2D eigenvalue weighted by molar-refractivity contribution is 5.75. The fourth-order valence-electron chi connectivity index (χ4n) is 2.07. The normalized spacial score (nSPS) is 25.2. The van der Waals surface area contributed by atoms with Gasteiger partial charge in [-0.15, -0.1) is 0 Å². The van der Waals surface area contributed by atoms with E-state index in [4.69, 9.17) is 0 Å². The third-order valence-electron chi connectivity index (χ3n) is 2.76. The van der Waals surface area contributed by atoms with Gasteiger partial charge in [-0.1, -0.05) is 6.92 Å². The number of urea groups is 1. The maximum absolute atomic E-state index is 11.8. The maximum atomic E-state index is 11.8. The number of amides is 2. The summed E-state index contributed by atoms with van der Waals surface area (Å²) in [6.07, 6.45) is 1.23. The van der Waals surface area contributed by atoms with E-state index in [0.29, 0.717) is 19.5 Å². The number of likely N-dealkylation sites (tertiary alicyclic amines) is 1. The van der Waals surface area contributed by atoms with Crippen molar-refractivity contribution in [1.82, 2.24) is 15.1 Å². The van der Waals surface area contributed by atoms with Crippen molar-refractivity contribution in [3.63, 3.8) is 0 Å². The predicted molar refractivity (Wildman–Crippen MR) is 63.4 cm³/mol. The Morgan fingerprint density at radius 2 is 2.25 bits per heavy atom. The van der Waals surface area contributed by atoms with Crippen molar-refractivity contribution in [3.8, 4) is 0 Å². The van der Waals surface area contributed by atoms with Crippen LogP contribution in [0.4, 0.5) is 4.79 Å². The number of carbonyl (C=O) groups excluding carboxylic acids is 1. The van der Waals surface area contributed by atoms with Crippen LogP contribution in [0.3, 0.4) is 0 Å². The molecular formula is C11H23N3O2. The van der Waals surface area contributed by atoms with Gasteiger partial charge in [-0.05, 0) is 26.9 Å². The van der Waals surface area contributed by atoms with E-state index in [0.717, 1.165) is 13.0 Å². The van der Waals surface area contributed by atoms with Crippen molar-refractivity contribution in [2.75, 3.05) is 33.7 Å². The summed E-state index contributed by atoms with van der Waals surface area (Å²) < 4.78 is 0. The smallest absolute Gasteiger partial charge is 0.317 e. The zero-order valence-electron chi connectivity index (χ0n) is 10.4. The average molecular weight is 229 g/mol. The van der Waals surface area contributed by atoms with Crippen molar-refractivity contribution >= 4 is 6.03 Å². The molecule has 16 heavy (non-hydrogen) atoms. The SMILES string of the molecule is CCCNC(=O)N1CC(O)CC1CN(C)C. The second kappa shape index (κ2) is 6.06. The van der Waals surface area contributed by atoms with E-state index in [9.17, 15) is 9.90 Å². The van der Waals surface area contributed by atoms with E-state index in [1.807, 2.05) is 25.9 Å². The van der Waals surface area contributed by atoms with Crippen LogP contribution in [0.1, 0.15) is 19.8 Å². The third-order valence-corrected chi connectivity index (χ3v) is 2.76. The lowest BCUT2D eigenvalue weighted by molar-refractivity contribution is 0.167. The summed E-state index contributed by atoms with van der Waals surface area (Å²) in [6, 6.07) is 0.0760. The molecule has 1 fully saturated rings. The predicted octanol–water partition coefficient (Wildman–Crippen LogP) is 0.103. The molecule has 0 aromatic carbocycles. The number of β-amino-alcohol motifs (C(OH)–C–C–N with tert-alkyl or cyclic N) is 1. The first-order chi connectivity index (χ1) is 7.54. The summed E-state index contributed by atoms with van der Waals surface area (Å²) in [5, 5.41) is 12.5. The number of likely N-dealkylation sites (N-methyl/N-ethyl adjacent to an activating group) is 1. The molecule has 5 heteroatoms. The summed E-state index contributed by atoms with van der Waals surface area (Å²) >= 11 is 0. The van der Waals surface area contributed by atoms with E-state index in [1.54, 1.807) is 4.90 Å². The molecular weight excluding hydrogens is 206 g/mol. The van der Waals surface area contributed by atoms with E-state index >= 15 is 0 Å². The standard InChI is InChI=1S/C11H23N3O2/c1-4-5-12-11(16)14-8-10(15)6-9(14)7-13(2)3/h9-10,15H,4-8H2,1-3H3,(H,12,16). The van der Waals surface area contributed by atoms with Crippen LogP contribution in [0.5, 0.6) is 0 Å². The zero-order valence-corrected chi connectivity index (χ0v) is 10.4. The Bertz CT molecular complexity index is 233. The van der Waals surface area contributed by atoms with Crippen molar-refractivity contribution in [2.45, 2.75) is 31.9 Å². The molecule has 0 aromatic heterocycles. The van der Waals surface area contributed by atoms with Gasteiger partial charge in [0.15, 0.2) is 0 Å². The van der Waals surface area contributed by atoms with E-state index in [2.05, 4.69) is 5.32 Å². The first kappa shape index (κ1) is 13.3. The van der Waals surface area contributed by atoms with Crippen LogP contribution >= 0.6 is 0 Å². The van der Waals surface area contributed by atoms with Gasteiger partial charge >= 0.3 is 6.03 Å². The topological polar surface area (TPSA) is 55.8 Å². The zero-order chi connectivity index (χ0) is 12.1. The second-order valence-electron chi connectivity index (χ2n) is 4.69. The monoisotopic (exact) mass is 229 g/mol. The van der Waals surface area contributed by atoms with Gasteiger partial charge in [0, 0.05) is 25.7 Å². The lowest BCUT2D eigenvalue weighted by Gasteiger charge is -2.26. The Morgan fingerprint density at radius 3 is 2.81 bits per heavy atom. The van der Waals surface area contributed by atoms with Crippen molar-refractivity contribution in [2.24, 2.45) is 0 Å². The lowest BCUT2D eigenvalue weighted by atomic mass is 10.2. The Labute approximate surface area is 97.4 Å². The molecule has 1 saturated heterocycles. The van der Waals surface area contributed by atoms with Crippen LogP contribution < -0.4 is 5.32 Å². The number of carbonyl (C=O) groups is 1. The van der Waals surface area contributed by atoms with Crippen molar-refractivity contribution in [1.29, 1.82) is 0 Å². The summed E-state index contributed by atoms with van der Waals surface area (Å²) in [7, 11) is 3.96. The Morgan fingerprint density at radius 1 is 1.56 bits per heavy atom. The number of nitrogens with zero attached hydrogens (tertiary/aromatic N) is 2. The molecule has 5 nitrogen and oxygen atoms in total. The van der Waals surface area contributed by atoms with Crippen LogP contribution in [-0.4, -0.2) is 66.8 Å². The fourth-order valence-corrected chi connectivity index (χ4v) is 2.07. The number of aliphatic hydroxyl groups is 1. The molecule has 0 radical (unpaired) electrons. The highest BCUT2D eigenvalue weighted by Crippen LogP contribution is 2.18. The molecule has 0 bridgehead atoms. The van der Waals surface area contributed by atoms with Crippen LogP contribution in [0.15, 0.2) is 0 Å². The molecule has 94 valence electrons. The van der Waals surface area contributed by atoms with Gasteiger partial charge in [0.1, 0.15) is 0 Å². The minimum absolute atomic E-state index is 0.0507. The van der Waals surface area contributed by atoms with Gasteiger partial charge in [0.25, 0.3) is 0 Å². The summed E-state index contributed by atoms with van der Waals surface area (Å²) in [6.45, 7) is 3.97. The average Bonchev–Trinajstić information content (AvgIpc) is 2.55. The first-order valence-corrected chi connectivity index (χ1v) is 5.91. The van der Waals surface area contributed by atoms with Crippen molar-refractivity contribution in [3.05, 3.63) is 0 Å². The summed E-state index contributed by atoms with van der Waals surface area (Å²) in [5.74, 6) is 0. The molecule has 0 aliphatic carbocycles. The Kier molecular flexibility index (Phi) is 5.02. The summed E-state index contributed by atoms with van der Waals surface area (Å²) in [5.41, 5.74) is 0. The number of hydrogen-bond acceptors (Lipinski definition) is 3. The quantitative estimate of drug-likeness (QED) is 0.719. The number of aliphatic hydroxyl groups excluding tert-OH is 1. The van der Waals surface area contributed by atoms with Crippen LogP contribution in [-0.2, 0) is 0 Å². The third kappa shape index (κ3) is 3.64. The molecule has 2 amide bonds. The van der Waals surface area contributed by atoms with E-state index in [1.165, 1.54) is 0 Å². The molecule has 0 saturated carbocycles. The van der Waals surface area contributed by atoms with Crippen LogP contribution in [0.25, 0.3) is 0 Å². The molecule has 0 spiro atoms. The molecule has 0 aromatic rings. The molecule has 2 unspecified atom stereocenters. The van der Waals surface area contributed by atoms with Crippen LogP contribution in [0.2, 0.25) is 0 Å². The Balaban J connectivity index is 2.51. The second-order valence-corrected chi connectivity index (χ2v) is 4.69. The number of rotatable bonds is 4. The molecule has 1 heterocycles. The largest absolute Gasteiger partial charge is 0.391 e. The lowest BCUT2D eigenvalue weighted by Crippen LogP contribution is -2.46. The van der Waals surface area contributed by atoms with E-state index < -0.39 is 0 Å². The summed E-state index contributed by atoms with van der Waals surface area (Å²) in [4.78, 5) is 15.6. The van der Waals surface area contributed by atoms with Gasteiger partial charge in [-0.25, -0.2) is 4.79 Å². The number of nitrogens with one attached hydrogen (secondary N) is 1.